The molecule has 5 nitrogen and oxygen atoms in total. The number of hydrogen-bond acceptors (Lipinski definition) is 5. The first-order valence-electron chi connectivity index (χ1n) is 5.08. The zero-order valence-electron chi connectivity index (χ0n) is 8.97. The summed E-state index contributed by atoms with van der Waals surface area (Å²) in [6.45, 7) is 3.12. The summed E-state index contributed by atoms with van der Waals surface area (Å²) in [4.78, 5) is 11.7. The molecule has 2 rings (SSSR count). The molecule has 0 aliphatic carbocycles. The zero-order chi connectivity index (χ0) is 10.7. The van der Waals surface area contributed by atoms with E-state index >= 15 is 0 Å². The molecule has 2 unspecified atom stereocenters. The highest BCUT2D eigenvalue weighted by Crippen LogP contribution is 2.09. The van der Waals surface area contributed by atoms with Crippen LogP contribution >= 0.6 is 23.9 Å². The highest BCUT2D eigenvalue weighted by molar-refractivity contribution is 7.03. The van der Waals surface area contributed by atoms with Gasteiger partial charge in [0, 0.05) is 17.5 Å². The molecule has 1 aliphatic rings. The first-order chi connectivity index (χ1) is 7.27. The molecule has 1 aromatic rings. The fourth-order valence-electron chi connectivity index (χ4n) is 1.75. The molecule has 0 spiro atoms. The summed E-state index contributed by atoms with van der Waals surface area (Å²) in [5, 5.41) is 11.7. The summed E-state index contributed by atoms with van der Waals surface area (Å²) < 4.78 is 3.67. The molecular weight excluding hydrogens is 248 g/mol. The van der Waals surface area contributed by atoms with Crippen LogP contribution < -0.4 is 10.6 Å². The first kappa shape index (κ1) is 13.3. The Bertz CT molecular complexity index is 332. The second-order valence-electron chi connectivity index (χ2n) is 3.76. The highest BCUT2D eigenvalue weighted by Gasteiger charge is 2.23. The van der Waals surface area contributed by atoms with Gasteiger partial charge in [-0.05, 0) is 37.8 Å². The lowest BCUT2D eigenvalue weighted by molar-refractivity contribution is 0.0915. The standard InChI is InChI=1S/C9H14N4OS.ClH/c1-6-7(3-2-4-10-6)11-9(14)8-5-15-13-12-8;/h5-7,10H,2-4H2,1H3,(H,11,14);1H. The molecule has 2 N–H and O–H groups in total. The molecule has 0 saturated carbocycles. The van der Waals surface area contributed by atoms with Gasteiger partial charge in [0.1, 0.15) is 0 Å². The fraction of sp³-hybridized carbons (Fsp3) is 0.667. The van der Waals surface area contributed by atoms with Crippen LogP contribution in [0.25, 0.3) is 0 Å². The minimum Gasteiger partial charge on any atom is -0.346 e. The van der Waals surface area contributed by atoms with Crippen molar-refractivity contribution in [1.82, 2.24) is 20.2 Å². The van der Waals surface area contributed by atoms with Gasteiger partial charge in [-0.1, -0.05) is 4.49 Å². The number of aromatic nitrogens is 2. The molecule has 7 heteroatoms. The topological polar surface area (TPSA) is 66.9 Å². The van der Waals surface area contributed by atoms with Gasteiger partial charge in [0.05, 0.1) is 0 Å². The third kappa shape index (κ3) is 3.13. The van der Waals surface area contributed by atoms with Crippen molar-refractivity contribution in [2.45, 2.75) is 31.8 Å². The van der Waals surface area contributed by atoms with E-state index in [1.54, 1.807) is 5.38 Å². The van der Waals surface area contributed by atoms with Gasteiger partial charge in [-0.15, -0.1) is 17.5 Å². The predicted molar refractivity (Wildman–Crippen MR) is 65.1 cm³/mol. The Hall–Kier alpha value is -0.720. The normalized spacial score (nSPS) is 24.6. The predicted octanol–water partition coefficient (Wildman–Crippen LogP) is 0.830. The van der Waals surface area contributed by atoms with Crippen LogP contribution in [0.4, 0.5) is 0 Å². The summed E-state index contributed by atoms with van der Waals surface area (Å²) in [6.07, 6.45) is 2.13. The maximum absolute atomic E-state index is 11.7. The Kier molecular flexibility index (Phi) is 5.11. The maximum Gasteiger partial charge on any atom is 0.273 e. The van der Waals surface area contributed by atoms with Crippen LogP contribution in [0.3, 0.4) is 0 Å². The fourth-order valence-corrected chi connectivity index (χ4v) is 2.18. The van der Waals surface area contributed by atoms with E-state index in [0.29, 0.717) is 11.7 Å². The van der Waals surface area contributed by atoms with Crippen LogP contribution in [0.2, 0.25) is 0 Å². The average molecular weight is 263 g/mol. The number of rotatable bonds is 2. The molecule has 1 aliphatic heterocycles. The molecule has 0 radical (unpaired) electrons. The Labute approximate surface area is 105 Å². The molecule has 2 atom stereocenters. The summed E-state index contributed by atoms with van der Waals surface area (Å²) in [7, 11) is 0. The molecule has 1 aromatic heterocycles. The summed E-state index contributed by atoms with van der Waals surface area (Å²) in [5.41, 5.74) is 0.415. The van der Waals surface area contributed by atoms with Crippen molar-refractivity contribution < 1.29 is 4.79 Å². The van der Waals surface area contributed by atoms with Crippen molar-refractivity contribution in [3.05, 3.63) is 11.1 Å². The number of halogens is 1. The first-order valence-corrected chi connectivity index (χ1v) is 5.92. The number of nitrogens with zero attached hydrogens (tertiary/aromatic N) is 2. The largest absolute Gasteiger partial charge is 0.346 e. The minimum atomic E-state index is -0.121. The minimum absolute atomic E-state index is 0. The Morgan fingerprint density at radius 2 is 2.50 bits per heavy atom. The molecule has 2 heterocycles. The van der Waals surface area contributed by atoms with Crippen molar-refractivity contribution >= 4 is 29.8 Å². The summed E-state index contributed by atoms with van der Waals surface area (Å²) in [6, 6.07) is 0.530. The van der Waals surface area contributed by atoms with Gasteiger partial charge < -0.3 is 10.6 Å². The number of hydrogen-bond donors (Lipinski definition) is 2. The quantitative estimate of drug-likeness (QED) is 0.829. The maximum atomic E-state index is 11.7. The van der Waals surface area contributed by atoms with Crippen LogP contribution in [-0.4, -0.2) is 34.1 Å². The van der Waals surface area contributed by atoms with Crippen LogP contribution in [0, 0.1) is 0 Å². The molecule has 1 amide bonds. The van der Waals surface area contributed by atoms with Crippen molar-refractivity contribution in [2.24, 2.45) is 0 Å². The summed E-state index contributed by atoms with van der Waals surface area (Å²) in [5.74, 6) is -0.121. The SMILES string of the molecule is CC1NCCCC1NC(=O)c1csnn1.Cl. The lowest BCUT2D eigenvalue weighted by Crippen LogP contribution is -2.51. The average Bonchev–Trinajstić information content (AvgIpc) is 2.74. The van der Waals surface area contributed by atoms with Crippen molar-refractivity contribution in [3.63, 3.8) is 0 Å². The van der Waals surface area contributed by atoms with E-state index in [-0.39, 0.29) is 24.4 Å². The van der Waals surface area contributed by atoms with E-state index in [1.165, 1.54) is 11.5 Å². The van der Waals surface area contributed by atoms with Gasteiger partial charge in [0.15, 0.2) is 5.69 Å². The molecular formula is C9H15ClN4OS. The molecule has 16 heavy (non-hydrogen) atoms. The van der Waals surface area contributed by atoms with Crippen LogP contribution in [-0.2, 0) is 0 Å². The highest BCUT2D eigenvalue weighted by atomic mass is 35.5. The summed E-state index contributed by atoms with van der Waals surface area (Å²) >= 11 is 1.19. The van der Waals surface area contributed by atoms with E-state index in [4.69, 9.17) is 0 Å². The van der Waals surface area contributed by atoms with Crippen LogP contribution in [0.5, 0.6) is 0 Å². The Morgan fingerprint density at radius 1 is 1.69 bits per heavy atom. The van der Waals surface area contributed by atoms with E-state index in [0.717, 1.165) is 19.4 Å². The molecule has 90 valence electrons. The molecule has 0 aromatic carbocycles. The number of carbonyl (C=O) groups is 1. The number of carbonyl (C=O) groups excluding carboxylic acids is 1. The second kappa shape index (κ2) is 6.12. The van der Waals surface area contributed by atoms with E-state index in [1.807, 2.05) is 0 Å². The van der Waals surface area contributed by atoms with Crippen molar-refractivity contribution in [1.29, 1.82) is 0 Å². The molecule has 1 saturated heterocycles. The van der Waals surface area contributed by atoms with Gasteiger partial charge in [-0.25, -0.2) is 0 Å². The third-order valence-electron chi connectivity index (χ3n) is 2.67. The molecule has 1 fully saturated rings. The van der Waals surface area contributed by atoms with Gasteiger partial charge >= 0.3 is 0 Å². The van der Waals surface area contributed by atoms with Gasteiger partial charge in [0.25, 0.3) is 5.91 Å². The van der Waals surface area contributed by atoms with Crippen LogP contribution in [0.15, 0.2) is 5.38 Å². The van der Waals surface area contributed by atoms with E-state index < -0.39 is 0 Å². The Balaban J connectivity index is 0.00000128. The molecule has 0 bridgehead atoms. The van der Waals surface area contributed by atoms with E-state index in [2.05, 4.69) is 27.1 Å². The van der Waals surface area contributed by atoms with E-state index in [9.17, 15) is 4.79 Å². The zero-order valence-corrected chi connectivity index (χ0v) is 10.6. The Morgan fingerprint density at radius 3 is 3.12 bits per heavy atom. The van der Waals surface area contributed by atoms with Gasteiger partial charge in [-0.3, -0.25) is 4.79 Å². The van der Waals surface area contributed by atoms with Gasteiger partial charge in [-0.2, -0.15) is 0 Å². The lowest BCUT2D eigenvalue weighted by Gasteiger charge is -2.30. The lowest BCUT2D eigenvalue weighted by atomic mass is 10.00. The monoisotopic (exact) mass is 262 g/mol. The third-order valence-corrected chi connectivity index (χ3v) is 3.18. The van der Waals surface area contributed by atoms with Crippen molar-refractivity contribution in [3.8, 4) is 0 Å². The smallest absolute Gasteiger partial charge is 0.273 e. The van der Waals surface area contributed by atoms with Crippen LogP contribution in [0.1, 0.15) is 30.3 Å². The van der Waals surface area contributed by atoms with Crippen molar-refractivity contribution in [2.75, 3.05) is 6.54 Å². The number of nitrogens with one attached hydrogen (secondary N) is 2. The number of piperidine rings is 1. The van der Waals surface area contributed by atoms with Gasteiger partial charge in [0.2, 0.25) is 0 Å². The number of amides is 1. The second-order valence-corrected chi connectivity index (χ2v) is 4.36.